The van der Waals surface area contributed by atoms with Crippen LogP contribution in [0.15, 0.2) is 132 Å². The summed E-state index contributed by atoms with van der Waals surface area (Å²) in [6.07, 6.45) is 1.84. The Morgan fingerprint density at radius 1 is 0.674 bits per heavy atom. The summed E-state index contributed by atoms with van der Waals surface area (Å²) in [4.78, 5) is 12.0. The van der Waals surface area contributed by atoms with Gasteiger partial charge < -0.3 is 13.7 Å². The van der Waals surface area contributed by atoms with Crippen LogP contribution in [0.5, 0.6) is 11.5 Å². The number of aryl methyl sites for hydroxylation is 1. The topological polar surface area (TPSA) is 56.3 Å². The van der Waals surface area contributed by atoms with Gasteiger partial charge in [-0.2, -0.15) is 0 Å². The summed E-state index contributed by atoms with van der Waals surface area (Å²) in [6.45, 7) is 4.55. The van der Waals surface area contributed by atoms with Crippen LogP contribution in [-0.2, 0) is 12.5 Å². The lowest BCUT2D eigenvalue weighted by atomic mass is 9.73. The van der Waals surface area contributed by atoms with Crippen molar-refractivity contribution in [2.24, 2.45) is 7.05 Å². The summed E-state index contributed by atoms with van der Waals surface area (Å²) < 4.78 is 15.0. The zero-order valence-corrected chi connectivity index (χ0v) is 25.7. The fourth-order valence-electron chi connectivity index (χ4n) is 6.98. The molecule has 0 atom stereocenters. The van der Waals surface area contributed by atoms with Crippen LogP contribution in [0.1, 0.15) is 25.0 Å². The summed E-state index contributed by atoms with van der Waals surface area (Å²) in [5.41, 5.74) is 9.01. The van der Waals surface area contributed by atoms with Gasteiger partial charge in [0.2, 0.25) is 0 Å². The second-order valence-electron chi connectivity index (χ2n) is 12.4. The van der Waals surface area contributed by atoms with Crippen molar-refractivity contribution in [2.75, 3.05) is 4.90 Å². The molecule has 3 aromatic heterocycles. The van der Waals surface area contributed by atoms with Gasteiger partial charge >= 0.3 is 0 Å². The predicted molar refractivity (Wildman–Crippen MR) is 185 cm³/mol. The van der Waals surface area contributed by atoms with E-state index in [9.17, 15) is 0 Å². The molecular formula is C40H30N4O2. The van der Waals surface area contributed by atoms with Crippen LogP contribution < -0.4 is 9.64 Å². The van der Waals surface area contributed by atoms with E-state index in [1.165, 1.54) is 11.1 Å². The molecule has 0 unspecified atom stereocenters. The van der Waals surface area contributed by atoms with Crippen LogP contribution in [0.25, 0.3) is 44.4 Å². The number of fused-ring (bicyclic) bond motifs is 6. The molecule has 4 heterocycles. The van der Waals surface area contributed by atoms with Crippen molar-refractivity contribution < 1.29 is 9.15 Å². The van der Waals surface area contributed by atoms with Gasteiger partial charge in [0.15, 0.2) is 0 Å². The molecular weight excluding hydrogens is 568 g/mol. The average Bonchev–Trinajstić information content (AvgIpc) is 3.62. The molecule has 5 aromatic carbocycles. The molecule has 0 aliphatic carbocycles. The van der Waals surface area contributed by atoms with Crippen molar-refractivity contribution in [2.45, 2.75) is 19.3 Å². The van der Waals surface area contributed by atoms with Crippen molar-refractivity contribution in [3.05, 3.63) is 139 Å². The Morgan fingerprint density at radius 3 is 2.35 bits per heavy atom. The quantitative estimate of drug-likeness (QED) is 0.202. The van der Waals surface area contributed by atoms with E-state index in [2.05, 4.69) is 90.0 Å². The first kappa shape index (κ1) is 26.5. The van der Waals surface area contributed by atoms with Gasteiger partial charge in [0.1, 0.15) is 34.3 Å². The number of imidazole rings is 1. The lowest BCUT2D eigenvalue weighted by Crippen LogP contribution is -2.31. The largest absolute Gasteiger partial charge is 0.457 e. The molecule has 0 saturated heterocycles. The van der Waals surface area contributed by atoms with Crippen LogP contribution in [0.4, 0.5) is 17.2 Å². The number of anilines is 3. The Morgan fingerprint density at radius 2 is 1.48 bits per heavy atom. The minimum Gasteiger partial charge on any atom is -0.457 e. The highest BCUT2D eigenvalue weighted by atomic mass is 16.5. The fraction of sp³-hybridized carbons (Fsp3) is 0.100. The van der Waals surface area contributed by atoms with Crippen LogP contribution in [-0.4, -0.2) is 14.5 Å². The highest BCUT2D eigenvalue weighted by Crippen LogP contribution is 2.54. The number of benzene rings is 5. The molecule has 0 bridgehead atoms. The minimum absolute atomic E-state index is 0.304. The normalized spacial score (nSPS) is 13.7. The second-order valence-corrected chi connectivity index (χ2v) is 12.4. The lowest BCUT2D eigenvalue weighted by Gasteiger charge is -2.41. The van der Waals surface area contributed by atoms with Crippen molar-refractivity contribution in [3.63, 3.8) is 0 Å². The van der Waals surface area contributed by atoms with Crippen LogP contribution in [0, 0.1) is 0 Å². The molecule has 222 valence electrons. The fourth-order valence-corrected chi connectivity index (χ4v) is 6.98. The third-order valence-electron chi connectivity index (χ3n) is 9.29. The number of furan rings is 1. The van der Waals surface area contributed by atoms with Crippen LogP contribution >= 0.6 is 0 Å². The van der Waals surface area contributed by atoms with Crippen molar-refractivity contribution in [3.8, 4) is 22.9 Å². The maximum absolute atomic E-state index is 6.58. The molecule has 9 rings (SSSR count). The van der Waals surface area contributed by atoms with E-state index in [4.69, 9.17) is 19.1 Å². The first-order valence-electron chi connectivity index (χ1n) is 15.5. The number of pyridine rings is 1. The van der Waals surface area contributed by atoms with E-state index in [0.29, 0.717) is 0 Å². The minimum atomic E-state index is -0.304. The molecule has 8 aromatic rings. The Balaban J connectivity index is 1.17. The first-order valence-corrected chi connectivity index (χ1v) is 15.5. The molecule has 6 heteroatoms. The smallest absolute Gasteiger partial charge is 0.140 e. The molecule has 0 N–H and O–H groups in total. The summed E-state index contributed by atoms with van der Waals surface area (Å²) in [5, 5.41) is 2.18. The van der Waals surface area contributed by atoms with E-state index >= 15 is 0 Å². The van der Waals surface area contributed by atoms with Crippen molar-refractivity contribution >= 4 is 50.2 Å². The maximum atomic E-state index is 6.58. The monoisotopic (exact) mass is 598 g/mol. The SMILES string of the molecule is Cn1c(-c2cccc(Oc3ccc4c(c3)N(c3ccccn3)c3cc5c(cc3C4(C)C)oc3ccccc35)c2)nc2ccccc21. The molecule has 1 aliphatic rings. The summed E-state index contributed by atoms with van der Waals surface area (Å²) in [5.74, 6) is 3.23. The summed E-state index contributed by atoms with van der Waals surface area (Å²) in [7, 11) is 2.05. The van der Waals surface area contributed by atoms with E-state index in [0.717, 1.165) is 73.1 Å². The Labute approximate surface area is 266 Å². The second kappa shape index (κ2) is 9.81. The average molecular weight is 599 g/mol. The Hall–Kier alpha value is -5.88. The van der Waals surface area contributed by atoms with Gasteiger partial charge in [-0.3, -0.25) is 4.90 Å². The number of para-hydroxylation sites is 3. The highest BCUT2D eigenvalue weighted by molar-refractivity contribution is 6.07. The standard InChI is InChI=1S/C40H30N4O2/c1-40(2)30-19-18-27(45-26-12-10-11-25(21-26)39-42-32-14-5-6-15-33(32)43(39)3)22-34(30)44(38-17-8-9-20-41-38)35-23-29-28-13-4-7-16-36(28)46-37(29)24-31(35)40/h4-24H,1-3H3. The van der Waals surface area contributed by atoms with E-state index < -0.39 is 0 Å². The summed E-state index contributed by atoms with van der Waals surface area (Å²) in [6, 6.07) is 41.4. The third kappa shape index (κ3) is 3.96. The molecule has 0 radical (unpaired) electrons. The van der Waals surface area contributed by atoms with Crippen molar-refractivity contribution in [1.29, 1.82) is 0 Å². The molecule has 0 fully saturated rings. The number of nitrogens with zero attached hydrogens (tertiary/aromatic N) is 4. The first-order chi connectivity index (χ1) is 22.5. The van der Waals surface area contributed by atoms with Crippen LogP contribution in [0.3, 0.4) is 0 Å². The van der Waals surface area contributed by atoms with Crippen molar-refractivity contribution in [1.82, 2.24) is 14.5 Å². The maximum Gasteiger partial charge on any atom is 0.140 e. The highest BCUT2D eigenvalue weighted by Gasteiger charge is 2.38. The zero-order valence-electron chi connectivity index (χ0n) is 25.7. The van der Waals surface area contributed by atoms with Gasteiger partial charge in [-0.15, -0.1) is 0 Å². The molecule has 6 nitrogen and oxygen atoms in total. The molecule has 0 spiro atoms. The molecule has 0 saturated carbocycles. The number of rotatable bonds is 4. The number of aromatic nitrogens is 3. The number of hydrogen-bond donors (Lipinski definition) is 0. The Kier molecular flexibility index (Phi) is 5.66. The Bertz CT molecular complexity index is 2460. The predicted octanol–water partition coefficient (Wildman–Crippen LogP) is 10.4. The van der Waals surface area contributed by atoms with Gasteiger partial charge in [-0.05, 0) is 71.8 Å². The molecule has 46 heavy (non-hydrogen) atoms. The van der Waals surface area contributed by atoms with Gasteiger partial charge in [0.25, 0.3) is 0 Å². The van der Waals surface area contributed by atoms with E-state index in [-0.39, 0.29) is 5.41 Å². The van der Waals surface area contributed by atoms with Gasteiger partial charge in [-0.25, -0.2) is 9.97 Å². The van der Waals surface area contributed by atoms with Gasteiger partial charge in [0.05, 0.1) is 22.4 Å². The van der Waals surface area contributed by atoms with Gasteiger partial charge in [0, 0.05) is 41.1 Å². The van der Waals surface area contributed by atoms with Crippen LogP contribution in [0.2, 0.25) is 0 Å². The van der Waals surface area contributed by atoms with E-state index in [1.807, 2.05) is 67.8 Å². The number of hydrogen-bond acceptors (Lipinski definition) is 5. The molecule has 0 amide bonds. The summed E-state index contributed by atoms with van der Waals surface area (Å²) >= 11 is 0. The molecule has 1 aliphatic heterocycles. The lowest BCUT2D eigenvalue weighted by molar-refractivity contribution is 0.482. The third-order valence-corrected chi connectivity index (χ3v) is 9.29. The number of ether oxygens (including phenoxy) is 1. The van der Waals surface area contributed by atoms with Gasteiger partial charge in [-0.1, -0.05) is 68.4 Å². The zero-order chi connectivity index (χ0) is 31.0. The van der Waals surface area contributed by atoms with E-state index in [1.54, 1.807) is 0 Å².